The lowest BCUT2D eigenvalue weighted by Gasteiger charge is -2.39. The van der Waals surface area contributed by atoms with Crippen molar-refractivity contribution < 1.29 is 9.53 Å². The lowest BCUT2D eigenvalue weighted by molar-refractivity contribution is -0.137. The Labute approximate surface area is 116 Å². The molecule has 0 radical (unpaired) electrons. The number of aryl methyl sites for hydroxylation is 1. The summed E-state index contributed by atoms with van der Waals surface area (Å²) in [6.45, 7) is 6.31. The molecule has 0 amide bonds. The van der Waals surface area contributed by atoms with Gasteiger partial charge in [-0.3, -0.25) is 4.79 Å². The van der Waals surface area contributed by atoms with Gasteiger partial charge >= 0.3 is 0 Å². The van der Waals surface area contributed by atoms with Gasteiger partial charge < -0.3 is 4.74 Å². The smallest absolute Gasteiger partial charge is 0.133 e. The van der Waals surface area contributed by atoms with Crippen LogP contribution in [0.4, 0.5) is 0 Å². The van der Waals surface area contributed by atoms with Crippen LogP contribution in [-0.4, -0.2) is 11.9 Å². The van der Waals surface area contributed by atoms with E-state index in [-0.39, 0.29) is 11.7 Å². The van der Waals surface area contributed by atoms with Crippen molar-refractivity contribution in [3.63, 3.8) is 0 Å². The van der Waals surface area contributed by atoms with E-state index >= 15 is 0 Å². The third-order valence-electron chi connectivity index (χ3n) is 3.94. The van der Waals surface area contributed by atoms with Crippen LogP contribution in [0.1, 0.15) is 57.6 Å². The Kier molecular flexibility index (Phi) is 4.41. The molecule has 0 spiro atoms. The molecular weight excluding hydrogens is 236 g/mol. The van der Waals surface area contributed by atoms with E-state index in [9.17, 15) is 4.79 Å². The monoisotopic (exact) mass is 260 g/mol. The maximum atomic E-state index is 11.5. The molecule has 0 N–H and O–H groups in total. The maximum Gasteiger partial charge on any atom is 0.133 e. The maximum absolute atomic E-state index is 11.5. The van der Waals surface area contributed by atoms with Gasteiger partial charge in [0.1, 0.15) is 5.78 Å². The van der Waals surface area contributed by atoms with E-state index in [1.54, 1.807) is 0 Å². The fraction of sp³-hybridized carbons (Fsp3) is 0.588. The van der Waals surface area contributed by atoms with Gasteiger partial charge in [0.25, 0.3) is 0 Å². The summed E-state index contributed by atoms with van der Waals surface area (Å²) in [4.78, 5) is 11.5. The van der Waals surface area contributed by atoms with E-state index in [0.717, 1.165) is 19.3 Å². The first kappa shape index (κ1) is 14.3. The quantitative estimate of drug-likeness (QED) is 0.817. The highest BCUT2D eigenvalue weighted by Gasteiger charge is 2.38. The van der Waals surface area contributed by atoms with Gasteiger partial charge in [-0.25, -0.2) is 0 Å². The number of Topliss-reactive ketones (excluding diaryl/α,β-unsaturated/α-hetero) is 1. The average molecular weight is 260 g/mol. The second-order valence-corrected chi connectivity index (χ2v) is 5.75. The number of hydrogen-bond donors (Lipinski definition) is 0. The third-order valence-corrected chi connectivity index (χ3v) is 3.94. The SMILES string of the molecule is CCc1cccc(C2(OC(C)C)CCC(=O)CC2)c1. The second-order valence-electron chi connectivity index (χ2n) is 5.75. The van der Waals surface area contributed by atoms with E-state index < -0.39 is 0 Å². The van der Waals surface area contributed by atoms with Crippen LogP contribution in [0, 0.1) is 0 Å². The van der Waals surface area contributed by atoms with Gasteiger partial charge in [-0.1, -0.05) is 31.2 Å². The molecule has 104 valence electrons. The Hall–Kier alpha value is -1.15. The van der Waals surface area contributed by atoms with Gasteiger partial charge in [0.2, 0.25) is 0 Å². The van der Waals surface area contributed by atoms with Crippen LogP contribution in [0.3, 0.4) is 0 Å². The van der Waals surface area contributed by atoms with Crippen LogP contribution in [0.25, 0.3) is 0 Å². The molecule has 1 aliphatic rings. The van der Waals surface area contributed by atoms with Crippen molar-refractivity contribution >= 4 is 5.78 Å². The van der Waals surface area contributed by atoms with Gasteiger partial charge in [-0.2, -0.15) is 0 Å². The zero-order valence-electron chi connectivity index (χ0n) is 12.2. The number of carbonyl (C=O) groups excluding carboxylic acids is 1. The van der Waals surface area contributed by atoms with Crippen LogP contribution in [0.5, 0.6) is 0 Å². The molecule has 0 aromatic heterocycles. The highest BCUT2D eigenvalue weighted by molar-refractivity contribution is 5.79. The van der Waals surface area contributed by atoms with E-state index in [2.05, 4.69) is 45.0 Å². The lowest BCUT2D eigenvalue weighted by atomic mass is 9.78. The summed E-state index contributed by atoms with van der Waals surface area (Å²) < 4.78 is 6.26. The Morgan fingerprint density at radius 3 is 2.53 bits per heavy atom. The number of ether oxygens (including phenoxy) is 1. The third kappa shape index (κ3) is 3.24. The van der Waals surface area contributed by atoms with Crippen LogP contribution < -0.4 is 0 Å². The van der Waals surface area contributed by atoms with E-state index in [0.29, 0.717) is 18.6 Å². The predicted octanol–water partition coefficient (Wildman–Crippen LogP) is 4.01. The number of rotatable bonds is 4. The largest absolute Gasteiger partial charge is 0.368 e. The molecule has 0 atom stereocenters. The molecule has 0 heterocycles. The second kappa shape index (κ2) is 5.87. The minimum absolute atomic E-state index is 0.179. The molecule has 1 saturated carbocycles. The van der Waals surface area contributed by atoms with Crippen LogP contribution >= 0.6 is 0 Å². The van der Waals surface area contributed by atoms with Gasteiger partial charge in [0.05, 0.1) is 11.7 Å². The summed E-state index contributed by atoms with van der Waals surface area (Å²) in [5.41, 5.74) is 2.32. The first-order valence-corrected chi connectivity index (χ1v) is 7.34. The average Bonchev–Trinajstić information content (AvgIpc) is 2.41. The highest BCUT2D eigenvalue weighted by Crippen LogP contribution is 2.40. The van der Waals surface area contributed by atoms with Crippen LogP contribution in [0.15, 0.2) is 24.3 Å². The fourth-order valence-electron chi connectivity index (χ4n) is 2.93. The van der Waals surface area contributed by atoms with E-state index in [4.69, 9.17) is 4.74 Å². The van der Waals surface area contributed by atoms with Crippen LogP contribution in [-0.2, 0) is 21.6 Å². The summed E-state index contributed by atoms with van der Waals surface area (Å²) in [5.74, 6) is 0.370. The zero-order chi connectivity index (χ0) is 13.9. The summed E-state index contributed by atoms with van der Waals surface area (Å²) in [6, 6.07) is 8.66. The van der Waals surface area contributed by atoms with Gasteiger partial charge in [-0.05, 0) is 44.2 Å². The Morgan fingerprint density at radius 2 is 1.95 bits per heavy atom. The molecule has 1 fully saturated rings. The molecule has 0 bridgehead atoms. The summed E-state index contributed by atoms with van der Waals surface area (Å²) in [5, 5.41) is 0. The molecule has 2 nitrogen and oxygen atoms in total. The number of carbonyl (C=O) groups is 1. The van der Waals surface area contributed by atoms with Gasteiger partial charge in [0, 0.05) is 12.8 Å². The predicted molar refractivity (Wildman–Crippen MR) is 77.2 cm³/mol. The molecule has 1 aromatic rings. The topological polar surface area (TPSA) is 26.3 Å². The fourth-order valence-corrected chi connectivity index (χ4v) is 2.93. The number of ketones is 1. The van der Waals surface area contributed by atoms with Crippen molar-refractivity contribution in [3.8, 4) is 0 Å². The van der Waals surface area contributed by atoms with Gasteiger partial charge in [0.15, 0.2) is 0 Å². The molecule has 0 unspecified atom stereocenters. The lowest BCUT2D eigenvalue weighted by Crippen LogP contribution is -2.37. The van der Waals surface area contributed by atoms with Gasteiger partial charge in [-0.15, -0.1) is 0 Å². The molecule has 2 rings (SSSR count). The molecule has 1 aliphatic carbocycles. The molecule has 0 aliphatic heterocycles. The standard InChI is InChI=1S/C17H24O2/c1-4-14-6-5-7-15(12-14)17(19-13(2)3)10-8-16(18)9-11-17/h5-7,12-13H,4,8-11H2,1-3H3. The van der Waals surface area contributed by atoms with Crippen LogP contribution in [0.2, 0.25) is 0 Å². The van der Waals surface area contributed by atoms with Crippen molar-refractivity contribution in [3.05, 3.63) is 35.4 Å². The molecular formula is C17H24O2. The molecule has 2 heteroatoms. The van der Waals surface area contributed by atoms with Crippen molar-refractivity contribution in [2.24, 2.45) is 0 Å². The minimum atomic E-state index is -0.257. The first-order valence-electron chi connectivity index (χ1n) is 7.34. The summed E-state index contributed by atoms with van der Waals surface area (Å²) in [7, 11) is 0. The zero-order valence-corrected chi connectivity index (χ0v) is 12.2. The van der Waals surface area contributed by atoms with Crippen molar-refractivity contribution in [1.82, 2.24) is 0 Å². The van der Waals surface area contributed by atoms with E-state index in [1.807, 2.05) is 0 Å². The van der Waals surface area contributed by atoms with Crippen molar-refractivity contribution in [2.75, 3.05) is 0 Å². The Balaban J connectivity index is 2.33. The summed E-state index contributed by atoms with van der Waals surface area (Å²) >= 11 is 0. The highest BCUT2D eigenvalue weighted by atomic mass is 16.5. The van der Waals surface area contributed by atoms with Crippen molar-refractivity contribution in [1.29, 1.82) is 0 Å². The number of benzene rings is 1. The van der Waals surface area contributed by atoms with E-state index in [1.165, 1.54) is 11.1 Å². The minimum Gasteiger partial charge on any atom is -0.368 e. The Morgan fingerprint density at radius 1 is 1.26 bits per heavy atom. The van der Waals surface area contributed by atoms with Crippen molar-refractivity contribution in [2.45, 2.75) is 64.6 Å². The summed E-state index contributed by atoms with van der Waals surface area (Å²) in [6.07, 6.45) is 4.13. The molecule has 1 aromatic carbocycles. The molecule has 0 saturated heterocycles. The first-order chi connectivity index (χ1) is 9.05. The normalized spacial score (nSPS) is 18.8. The Bertz CT molecular complexity index is 438. The number of hydrogen-bond acceptors (Lipinski definition) is 2. The molecule has 19 heavy (non-hydrogen) atoms.